The monoisotopic (exact) mass is 399 g/mol. The highest BCUT2D eigenvalue weighted by molar-refractivity contribution is 8.00. The highest BCUT2D eigenvalue weighted by Gasteiger charge is 2.22. The summed E-state index contributed by atoms with van der Waals surface area (Å²) in [5.41, 5.74) is 9.01. The molecule has 0 saturated carbocycles. The van der Waals surface area contributed by atoms with Crippen molar-refractivity contribution in [2.24, 2.45) is 0 Å². The summed E-state index contributed by atoms with van der Waals surface area (Å²) in [6.45, 7) is 2.49. The van der Waals surface area contributed by atoms with Crippen molar-refractivity contribution in [1.29, 1.82) is 0 Å². The minimum absolute atomic E-state index is 0. The average Bonchev–Trinajstić information content (AvgIpc) is 2.62. The maximum absolute atomic E-state index is 12.2. The van der Waals surface area contributed by atoms with Crippen LogP contribution >= 0.6 is 24.2 Å². The van der Waals surface area contributed by atoms with E-state index < -0.39 is 0 Å². The summed E-state index contributed by atoms with van der Waals surface area (Å²) in [5.74, 6) is 0.705. The van der Waals surface area contributed by atoms with Gasteiger partial charge in [-0.1, -0.05) is 6.07 Å². The molecule has 3 rings (SSSR count). The number of halogens is 1. The lowest BCUT2D eigenvalue weighted by molar-refractivity contribution is -0.132. The minimum Gasteiger partial charge on any atom is -0.399 e. The number of aryl methyl sites for hydroxylation is 1. The van der Waals surface area contributed by atoms with Crippen molar-refractivity contribution in [2.45, 2.75) is 25.3 Å². The highest BCUT2D eigenvalue weighted by atomic mass is 35.5. The molecule has 1 fully saturated rings. The summed E-state index contributed by atoms with van der Waals surface area (Å²) >= 11 is 1.37. The Bertz CT molecular complexity index is 638. The van der Waals surface area contributed by atoms with Crippen molar-refractivity contribution in [1.82, 2.24) is 10.2 Å². The lowest BCUT2D eigenvalue weighted by Gasteiger charge is -2.27. The second-order valence-corrected chi connectivity index (χ2v) is 7.44. The zero-order chi connectivity index (χ0) is 17.6. The van der Waals surface area contributed by atoms with Gasteiger partial charge in [-0.15, -0.1) is 24.2 Å². The normalized spacial score (nSPS) is 19.2. The molecule has 0 radical (unpaired) electrons. The van der Waals surface area contributed by atoms with Crippen LogP contribution in [-0.4, -0.2) is 54.5 Å². The number of ether oxygens (including phenoxy) is 1. The topological polar surface area (TPSA) is 84.7 Å². The van der Waals surface area contributed by atoms with Crippen LogP contribution in [0.1, 0.15) is 30.0 Å². The van der Waals surface area contributed by atoms with Crippen molar-refractivity contribution in [3.63, 3.8) is 0 Å². The summed E-state index contributed by atoms with van der Waals surface area (Å²) in [6.07, 6.45) is 3.00. The van der Waals surface area contributed by atoms with E-state index >= 15 is 0 Å². The van der Waals surface area contributed by atoms with Gasteiger partial charge in [-0.25, -0.2) is 0 Å². The molecule has 1 unspecified atom stereocenters. The number of nitrogen functional groups attached to an aromatic ring is 1. The van der Waals surface area contributed by atoms with Crippen molar-refractivity contribution < 1.29 is 14.3 Å². The molecular weight excluding hydrogens is 374 g/mol. The summed E-state index contributed by atoms with van der Waals surface area (Å²) in [4.78, 5) is 26.1. The average molecular weight is 400 g/mol. The van der Waals surface area contributed by atoms with Crippen LogP contribution in [0, 0.1) is 0 Å². The van der Waals surface area contributed by atoms with Gasteiger partial charge in [0.05, 0.1) is 30.8 Å². The van der Waals surface area contributed by atoms with E-state index in [4.69, 9.17) is 10.5 Å². The standard InChI is InChI=1S/C18H25N3O3S.ClH/c19-14-4-5-15-13(10-14)2-1-3-16(15)20-17(22)11-25-12-18(23)21-6-8-24-9-7-21;/h4-5,10,16H,1-3,6-9,11-12,19H2,(H,20,22);1H. The van der Waals surface area contributed by atoms with Crippen LogP contribution in [0.5, 0.6) is 0 Å². The van der Waals surface area contributed by atoms with Crippen molar-refractivity contribution >= 4 is 41.7 Å². The molecular formula is C18H26ClN3O3S. The molecule has 1 aliphatic carbocycles. The molecule has 1 heterocycles. The van der Waals surface area contributed by atoms with Gasteiger partial charge in [0.1, 0.15) is 0 Å². The number of carbonyl (C=O) groups excluding carboxylic acids is 2. The Labute approximate surface area is 164 Å². The first-order valence-corrected chi connectivity index (χ1v) is 9.90. The molecule has 26 heavy (non-hydrogen) atoms. The first-order chi connectivity index (χ1) is 12.1. The Morgan fingerprint density at radius 2 is 2.04 bits per heavy atom. The molecule has 144 valence electrons. The minimum atomic E-state index is -0.0190. The van der Waals surface area contributed by atoms with Crippen LogP contribution in [0.3, 0.4) is 0 Å². The van der Waals surface area contributed by atoms with Gasteiger partial charge in [0.2, 0.25) is 11.8 Å². The molecule has 2 amide bonds. The number of nitrogens with zero attached hydrogens (tertiary/aromatic N) is 1. The van der Waals surface area contributed by atoms with Gasteiger partial charge in [0, 0.05) is 18.8 Å². The Kier molecular flexibility index (Phi) is 8.06. The molecule has 1 atom stereocenters. The van der Waals surface area contributed by atoms with E-state index in [-0.39, 0.29) is 30.3 Å². The summed E-state index contributed by atoms with van der Waals surface area (Å²) in [7, 11) is 0. The van der Waals surface area contributed by atoms with Gasteiger partial charge in [-0.3, -0.25) is 9.59 Å². The summed E-state index contributed by atoms with van der Waals surface area (Å²) in [5, 5.41) is 3.10. The fraction of sp³-hybridized carbons (Fsp3) is 0.556. The van der Waals surface area contributed by atoms with Crippen LogP contribution < -0.4 is 11.1 Å². The lowest BCUT2D eigenvalue weighted by atomic mass is 9.87. The van der Waals surface area contributed by atoms with E-state index in [1.807, 2.05) is 18.2 Å². The first kappa shape index (κ1) is 20.9. The van der Waals surface area contributed by atoms with Gasteiger partial charge in [0.25, 0.3) is 0 Å². The molecule has 0 spiro atoms. The highest BCUT2D eigenvalue weighted by Crippen LogP contribution is 2.31. The quantitative estimate of drug-likeness (QED) is 0.737. The number of hydrogen-bond acceptors (Lipinski definition) is 5. The molecule has 2 aliphatic rings. The smallest absolute Gasteiger partial charge is 0.232 e. The number of carbonyl (C=O) groups is 2. The van der Waals surface area contributed by atoms with Gasteiger partial charge in [-0.05, 0) is 42.5 Å². The molecule has 1 aromatic carbocycles. The second-order valence-electron chi connectivity index (χ2n) is 6.46. The Morgan fingerprint density at radius 3 is 2.81 bits per heavy atom. The molecule has 3 N–H and O–H groups in total. The fourth-order valence-electron chi connectivity index (χ4n) is 3.36. The second kappa shape index (κ2) is 10.0. The number of fused-ring (bicyclic) bond motifs is 1. The predicted molar refractivity (Wildman–Crippen MR) is 107 cm³/mol. The molecule has 8 heteroatoms. The van der Waals surface area contributed by atoms with Gasteiger partial charge in [-0.2, -0.15) is 0 Å². The SMILES string of the molecule is Cl.Nc1ccc2c(c1)CCCC2NC(=O)CSCC(=O)N1CCOCC1. The molecule has 1 aliphatic heterocycles. The zero-order valence-electron chi connectivity index (χ0n) is 14.7. The van der Waals surface area contributed by atoms with Crippen molar-refractivity contribution in [3.05, 3.63) is 29.3 Å². The molecule has 0 aromatic heterocycles. The van der Waals surface area contributed by atoms with Gasteiger partial charge >= 0.3 is 0 Å². The number of nitrogens with one attached hydrogen (secondary N) is 1. The van der Waals surface area contributed by atoms with E-state index in [0.717, 1.165) is 24.9 Å². The number of benzene rings is 1. The van der Waals surface area contributed by atoms with E-state index in [1.54, 1.807) is 4.90 Å². The number of rotatable bonds is 5. The Morgan fingerprint density at radius 1 is 1.27 bits per heavy atom. The van der Waals surface area contributed by atoms with E-state index in [2.05, 4.69) is 5.32 Å². The molecule has 6 nitrogen and oxygen atoms in total. The third-order valence-corrected chi connectivity index (χ3v) is 5.56. The molecule has 1 aromatic rings. The predicted octanol–water partition coefficient (Wildman–Crippen LogP) is 1.78. The van der Waals surface area contributed by atoms with Crippen molar-refractivity contribution in [2.75, 3.05) is 43.5 Å². The summed E-state index contributed by atoms with van der Waals surface area (Å²) < 4.78 is 5.24. The van der Waals surface area contributed by atoms with Gasteiger partial charge in [0.15, 0.2) is 0 Å². The molecule has 1 saturated heterocycles. The third-order valence-electron chi connectivity index (χ3n) is 4.64. The first-order valence-electron chi connectivity index (χ1n) is 8.74. The molecule has 0 bridgehead atoms. The van der Waals surface area contributed by atoms with Crippen LogP contribution in [0.4, 0.5) is 5.69 Å². The Balaban J connectivity index is 0.00000243. The van der Waals surface area contributed by atoms with E-state index in [1.165, 1.54) is 22.9 Å². The summed E-state index contributed by atoms with van der Waals surface area (Å²) in [6, 6.07) is 5.96. The largest absolute Gasteiger partial charge is 0.399 e. The number of amides is 2. The van der Waals surface area contributed by atoms with Crippen LogP contribution in [0.2, 0.25) is 0 Å². The van der Waals surface area contributed by atoms with Crippen LogP contribution in [0.25, 0.3) is 0 Å². The zero-order valence-corrected chi connectivity index (χ0v) is 16.4. The van der Waals surface area contributed by atoms with E-state index in [9.17, 15) is 9.59 Å². The van der Waals surface area contributed by atoms with Crippen LogP contribution in [-0.2, 0) is 20.7 Å². The van der Waals surface area contributed by atoms with Crippen molar-refractivity contribution in [3.8, 4) is 0 Å². The number of anilines is 1. The fourth-order valence-corrected chi connectivity index (χ4v) is 4.08. The lowest BCUT2D eigenvalue weighted by Crippen LogP contribution is -2.41. The third kappa shape index (κ3) is 5.53. The number of thioether (sulfide) groups is 1. The van der Waals surface area contributed by atoms with Crippen LogP contribution in [0.15, 0.2) is 18.2 Å². The number of nitrogens with two attached hydrogens (primary N) is 1. The number of morpholine rings is 1. The maximum Gasteiger partial charge on any atom is 0.232 e. The van der Waals surface area contributed by atoms with E-state index in [0.29, 0.717) is 37.8 Å². The number of hydrogen-bond donors (Lipinski definition) is 2. The van der Waals surface area contributed by atoms with Gasteiger partial charge < -0.3 is 20.7 Å². The Hall–Kier alpha value is -1.44. The maximum atomic E-state index is 12.2.